The van der Waals surface area contributed by atoms with Gasteiger partial charge in [-0.3, -0.25) is 5.32 Å². The first-order valence-corrected chi connectivity index (χ1v) is 4.67. The van der Waals surface area contributed by atoms with Gasteiger partial charge in [0.05, 0.1) is 0 Å². The highest BCUT2D eigenvalue weighted by atomic mass is 16.5. The van der Waals surface area contributed by atoms with E-state index in [4.69, 9.17) is 4.74 Å². The number of aromatic nitrogens is 3. The van der Waals surface area contributed by atoms with Crippen LogP contribution < -0.4 is 5.32 Å². The molecule has 0 aliphatic heterocycles. The molecule has 0 saturated heterocycles. The quantitative estimate of drug-likeness (QED) is 0.819. The zero-order chi connectivity index (χ0) is 11.2. The third-order valence-electron chi connectivity index (χ3n) is 1.85. The van der Waals surface area contributed by atoms with E-state index in [1.807, 2.05) is 30.3 Å². The maximum absolute atomic E-state index is 11.3. The summed E-state index contributed by atoms with van der Waals surface area (Å²) in [5.41, 5.74) is 0.926. The number of anilines is 1. The monoisotopic (exact) mass is 218 g/mol. The summed E-state index contributed by atoms with van der Waals surface area (Å²) in [6.07, 6.45) is 0.730. The molecule has 0 radical (unpaired) electrons. The van der Waals surface area contributed by atoms with E-state index in [-0.39, 0.29) is 12.6 Å². The Bertz CT molecular complexity index is 441. The number of aromatic amines is 1. The van der Waals surface area contributed by atoms with Gasteiger partial charge in [0.1, 0.15) is 12.9 Å². The minimum absolute atomic E-state index is 0.223. The number of ether oxygens (including phenoxy) is 1. The van der Waals surface area contributed by atoms with Crippen LogP contribution in [0.5, 0.6) is 0 Å². The number of rotatable bonds is 3. The van der Waals surface area contributed by atoms with Crippen molar-refractivity contribution in [3.63, 3.8) is 0 Å². The van der Waals surface area contributed by atoms with Gasteiger partial charge in [-0.1, -0.05) is 30.3 Å². The third-order valence-corrected chi connectivity index (χ3v) is 1.85. The van der Waals surface area contributed by atoms with E-state index in [1.165, 1.54) is 6.33 Å². The Balaban J connectivity index is 1.80. The maximum atomic E-state index is 11.3. The molecule has 1 heterocycles. The molecule has 0 bridgehead atoms. The molecule has 2 N–H and O–H groups in total. The van der Waals surface area contributed by atoms with E-state index in [0.29, 0.717) is 0 Å². The predicted octanol–water partition coefficient (Wildman–Crippen LogP) is 1.55. The average molecular weight is 218 g/mol. The normalized spacial score (nSPS) is 9.75. The third kappa shape index (κ3) is 2.81. The van der Waals surface area contributed by atoms with Gasteiger partial charge in [0.2, 0.25) is 5.95 Å². The summed E-state index contributed by atoms with van der Waals surface area (Å²) in [6.45, 7) is 0.223. The van der Waals surface area contributed by atoms with E-state index in [9.17, 15) is 4.79 Å². The van der Waals surface area contributed by atoms with Crippen LogP contribution in [0.1, 0.15) is 5.56 Å². The smallest absolute Gasteiger partial charge is 0.414 e. The van der Waals surface area contributed by atoms with Gasteiger partial charge in [-0.15, -0.1) is 0 Å². The molecule has 0 fully saturated rings. The molecule has 0 saturated carbocycles. The van der Waals surface area contributed by atoms with Crippen LogP contribution in [0.4, 0.5) is 10.7 Å². The van der Waals surface area contributed by atoms with Crippen molar-refractivity contribution in [3.05, 3.63) is 42.2 Å². The molecule has 6 heteroatoms. The lowest BCUT2D eigenvalue weighted by Crippen LogP contribution is -2.14. The van der Waals surface area contributed by atoms with E-state index in [0.717, 1.165) is 5.56 Å². The largest absolute Gasteiger partial charge is 0.444 e. The molecule has 1 amide bonds. The number of carbonyl (C=O) groups is 1. The number of nitrogens with one attached hydrogen (secondary N) is 2. The van der Waals surface area contributed by atoms with Gasteiger partial charge >= 0.3 is 6.09 Å². The van der Waals surface area contributed by atoms with E-state index >= 15 is 0 Å². The summed E-state index contributed by atoms with van der Waals surface area (Å²) in [5, 5.41) is 8.48. The van der Waals surface area contributed by atoms with Crippen molar-refractivity contribution in [1.29, 1.82) is 0 Å². The lowest BCUT2D eigenvalue weighted by atomic mass is 10.2. The van der Waals surface area contributed by atoms with E-state index < -0.39 is 6.09 Å². The standard InChI is InChI=1S/C10H10N4O2/c15-10(13-9-11-7-12-14-9)16-6-8-4-2-1-3-5-8/h1-5,7H,6H2,(H2,11,12,13,14,15). The van der Waals surface area contributed by atoms with Crippen LogP contribution in [-0.2, 0) is 11.3 Å². The van der Waals surface area contributed by atoms with Crippen LogP contribution in [-0.4, -0.2) is 21.3 Å². The summed E-state index contributed by atoms with van der Waals surface area (Å²) in [4.78, 5) is 15.0. The zero-order valence-corrected chi connectivity index (χ0v) is 8.38. The lowest BCUT2D eigenvalue weighted by molar-refractivity contribution is 0.155. The number of benzene rings is 1. The van der Waals surface area contributed by atoms with Crippen LogP contribution in [0.25, 0.3) is 0 Å². The molecule has 1 aromatic heterocycles. The van der Waals surface area contributed by atoms with Gasteiger partial charge in [-0.25, -0.2) is 9.89 Å². The second-order valence-electron chi connectivity index (χ2n) is 3.02. The molecule has 0 aliphatic rings. The maximum Gasteiger partial charge on any atom is 0.414 e. The predicted molar refractivity (Wildman–Crippen MR) is 56.6 cm³/mol. The second-order valence-corrected chi connectivity index (χ2v) is 3.02. The van der Waals surface area contributed by atoms with Crippen molar-refractivity contribution in [2.75, 3.05) is 5.32 Å². The Hall–Kier alpha value is -2.37. The molecule has 0 unspecified atom stereocenters. The number of hydrogen-bond acceptors (Lipinski definition) is 4. The van der Waals surface area contributed by atoms with E-state index in [1.54, 1.807) is 0 Å². The molecule has 0 atom stereocenters. The van der Waals surface area contributed by atoms with E-state index in [2.05, 4.69) is 20.5 Å². The minimum Gasteiger partial charge on any atom is -0.444 e. The van der Waals surface area contributed by atoms with Crippen LogP contribution in [0.2, 0.25) is 0 Å². The first-order valence-electron chi connectivity index (χ1n) is 4.67. The van der Waals surface area contributed by atoms with Gasteiger partial charge in [-0.2, -0.15) is 10.1 Å². The fourth-order valence-electron chi connectivity index (χ4n) is 1.12. The van der Waals surface area contributed by atoms with Gasteiger partial charge < -0.3 is 4.74 Å². The highest BCUT2D eigenvalue weighted by Crippen LogP contribution is 2.02. The van der Waals surface area contributed by atoms with Gasteiger partial charge in [0, 0.05) is 0 Å². The minimum atomic E-state index is -0.569. The highest BCUT2D eigenvalue weighted by Gasteiger charge is 2.04. The van der Waals surface area contributed by atoms with Crippen LogP contribution in [0.3, 0.4) is 0 Å². The Labute approximate surface area is 91.7 Å². The second kappa shape index (κ2) is 4.92. The summed E-state index contributed by atoms with van der Waals surface area (Å²) in [6, 6.07) is 9.42. The Kier molecular flexibility index (Phi) is 3.12. The molecule has 6 nitrogen and oxygen atoms in total. The van der Waals surface area contributed by atoms with Crippen molar-refractivity contribution in [2.24, 2.45) is 0 Å². The fraction of sp³-hybridized carbons (Fsp3) is 0.100. The first kappa shape index (κ1) is 10.2. The van der Waals surface area contributed by atoms with Gasteiger partial charge in [-0.05, 0) is 5.56 Å². The van der Waals surface area contributed by atoms with Gasteiger partial charge in [0.15, 0.2) is 0 Å². The molecule has 82 valence electrons. The van der Waals surface area contributed by atoms with Crippen molar-refractivity contribution in [3.8, 4) is 0 Å². The Morgan fingerprint density at radius 1 is 1.38 bits per heavy atom. The number of amides is 1. The average Bonchev–Trinajstić information content (AvgIpc) is 2.81. The number of H-pyrrole nitrogens is 1. The fourth-order valence-corrected chi connectivity index (χ4v) is 1.12. The van der Waals surface area contributed by atoms with Crippen molar-refractivity contribution in [1.82, 2.24) is 15.2 Å². The molecule has 0 aliphatic carbocycles. The summed E-state index contributed by atoms with van der Waals surface area (Å²) in [5.74, 6) is 0.262. The molecule has 1 aromatic carbocycles. The summed E-state index contributed by atoms with van der Waals surface area (Å²) in [7, 11) is 0. The molecule has 2 rings (SSSR count). The van der Waals surface area contributed by atoms with Crippen LogP contribution in [0, 0.1) is 0 Å². The lowest BCUT2D eigenvalue weighted by Gasteiger charge is -2.04. The summed E-state index contributed by atoms with van der Waals surface area (Å²) < 4.78 is 4.96. The van der Waals surface area contributed by atoms with Crippen LogP contribution in [0.15, 0.2) is 36.7 Å². The molecular weight excluding hydrogens is 208 g/mol. The number of hydrogen-bond donors (Lipinski definition) is 2. The summed E-state index contributed by atoms with van der Waals surface area (Å²) >= 11 is 0. The highest BCUT2D eigenvalue weighted by molar-refractivity contribution is 5.81. The topological polar surface area (TPSA) is 79.9 Å². The SMILES string of the molecule is O=C(Nc1ncn[nH]1)OCc1ccccc1. The first-order chi connectivity index (χ1) is 7.84. The molecule has 2 aromatic rings. The molecular formula is C10H10N4O2. The van der Waals surface area contributed by atoms with Crippen molar-refractivity contribution in [2.45, 2.75) is 6.61 Å². The number of carbonyl (C=O) groups excluding carboxylic acids is 1. The Morgan fingerprint density at radius 2 is 2.19 bits per heavy atom. The number of nitrogens with zero attached hydrogens (tertiary/aromatic N) is 2. The van der Waals surface area contributed by atoms with Crippen molar-refractivity contribution < 1.29 is 9.53 Å². The molecule has 0 spiro atoms. The zero-order valence-electron chi connectivity index (χ0n) is 8.38. The Morgan fingerprint density at radius 3 is 2.88 bits per heavy atom. The molecule has 16 heavy (non-hydrogen) atoms. The van der Waals surface area contributed by atoms with Crippen molar-refractivity contribution >= 4 is 12.0 Å². The van der Waals surface area contributed by atoms with Crippen LogP contribution >= 0.6 is 0 Å². The van der Waals surface area contributed by atoms with Gasteiger partial charge in [0.25, 0.3) is 0 Å².